The zero-order valence-electron chi connectivity index (χ0n) is 9.55. The Labute approximate surface area is 89.1 Å². The zero-order chi connectivity index (χ0) is 9.35. The molecular weight excluding hydrogens is 182 g/mol. The Morgan fingerprint density at radius 1 is 1.00 bits per heavy atom. The molecule has 1 aliphatic rings. The molecule has 1 aliphatic heterocycles. The molecule has 1 rings (SSSR count). The molecule has 13 heavy (non-hydrogen) atoms. The van der Waals surface area contributed by atoms with Gasteiger partial charge in [0, 0.05) is 12.1 Å². The minimum atomic E-state index is 0. The minimum absolute atomic E-state index is 0. The van der Waals surface area contributed by atoms with Crippen LogP contribution in [0.3, 0.4) is 0 Å². The van der Waals surface area contributed by atoms with Gasteiger partial charge in [0.05, 0.1) is 0 Å². The van der Waals surface area contributed by atoms with Gasteiger partial charge in [0.15, 0.2) is 0 Å². The van der Waals surface area contributed by atoms with Crippen LogP contribution < -0.4 is 5.32 Å². The van der Waals surface area contributed by atoms with Crippen molar-refractivity contribution < 1.29 is 0 Å². The summed E-state index contributed by atoms with van der Waals surface area (Å²) < 4.78 is 0. The van der Waals surface area contributed by atoms with Crippen LogP contribution in [-0.4, -0.2) is 12.1 Å². The summed E-state index contributed by atoms with van der Waals surface area (Å²) in [6.45, 7) is 11.7. The summed E-state index contributed by atoms with van der Waals surface area (Å²) in [6.07, 6.45) is 2.68. The Morgan fingerprint density at radius 3 is 1.69 bits per heavy atom. The highest BCUT2D eigenvalue weighted by Crippen LogP contribution is 2.35. The van der Waals surface area contributed by atoms with Crippen molar-refractivity contribution >= 4 is 12.4 Å². The summed E-state index contributed by atoms with van der Waals surface area (Å²) in [6, 6.07) is 1.41. The van der Waals surface area contributed by atoms with Crippen molar-refractivity contribution in [3.8, 4) is 0 Å². The lowest BCUT2D eigenvalue weighted by Gasteiger charge is -2.40. The fourth-order valence-electron chi connectivity index (χ4n) is 2.28. The van der Waals surface area contributed by atoms with Gasteiger partial charge < -0.3 is 5.32 Å². The van der Waals surface area contributed by atoms with Crippen LogP contribution in [0.5, 0.6) is 0 Å². The number of hydrogen-bond donors (Lipinski definition) is 1. The van der Waals surface area contributed by atoms with Gasteiger partial charge in [-0.1, -0.05) is 20.8 Å². The van der Waals surface area contributed by atoms with Crippen molar-refractivity contribution in [3.05, 3.63) is 0 Å². The van der Waals surface area contributed by atoms with E-state index in [2.05, 4.69) is 39.9 Å². The van der Waals surface area contributed by atoms with Crippen molar-refractivity contribution in [3.63, 3.8) is 0 Å². The van der Waals surface area contributed by atoms with Crippen LogP contribution in [-0.2, 0) is 0 Å². The molecule has 1 N–H and O–H groups in total. The van der Waals surface area contributed by atoms with Crippen molar-refractivity contribution in [2.75, 3.05) is 0 Å². The summed E-state index contributed by atoms with van der Waals surface area (Å²) in [5.41, 5.74) is 0.491. The van der Waals surface area contributed by atoms with Crippen molar-refractivity contribution in [2.24, 2.45) is 11.3 Å². The maximum absolute atomic E-state index is 3.58. The van der Waals surface area contributed by atoms with E-state index < -0.39 is 0 Å². The van der Waals surface area contributed by atoms with Crippen LogP contribution in [0.4, 0.5) is 0 Å². The normalized spacial score (nSPS) is 35.3. The maximum atomic E-state index is 3.58. The molecule has 0 spiro atoms. The quantitative estimate of drug-likeness (QED) is 0.641. The molecule has 80 valence electrons. The van der Waals surface area contributed by atoms with Gasteiger partial charge in [-0.3, -0.25) is 0 Å². The molecule has 0 aromatic rings. The zero-order valence-corrected chi connectivity index (χ0v) is 10.4. The molecule has 0 aromatic heterocycles. The van der Waals surface area contributed by atoms with Gasteiger partial charge >= 0.3 is 0 Å². The summed E-state index contributed by atoms with van der Waals surface area (Å²) >= 11 is 0. The van der Waals surface area contributed by atoms with Crippen molar-refractivity contribution in [1.29, 1.82) is 0 Å². The molecule has 2 unspecified atom stereocenters. The highest BCUT2D eigenvalue weighted by molar-refractivity contribution is 5.85. The molecule has 1 nitrogen and oxygen atoms in total. The molecule has 1 saturated heterocycles. The standard InChI is InChI=1S/C11H23N.ClH/c1-8-6-10(11(3,4)5)7-9(2)12-8;/h8-10,12H,6-7H2,1-5H3;1H. The number of halogens is 1. The second-order valence-electron chi connectivity index (χ2n) is 5.50. The topological polar surface area (TPSA) is 12.0 Å². The predicted molar refractivity (Wildman–Crippen MR) is 61.5 cm³/mol. The lowest BCUT2D eigenvalue weighted by molar-refractivity contribution is 0.141. The van der Waals surface area contributed by atoms with E-state index in [0.717, 1.165) is 5.92 Å². The van der Waals surface area contributed by atoms with Crippen LogP contribution in [0.2, 0.25) is 0 Å². The summed E-state index contributed by atoms with van der Waals surface area (Å²) in [5, 5.41) is 3.58. The van der Waals surface area contributed by atoms with Gasteiger partial charge in [-0.15, -0.1) is 12.4 Å². The van der Waals surface area contributed by atoms with E-state index in [1.165, 1.54) is 12.8 Å². The largest absolute Gasteiger partial charge is 0.312 e. The first-order valence-corrected chi connectivity index (χ1v) is 5.15. The predicted octanol–water partition coefficient (Wildman–Crippen LogP) is 3.23. The smallest absolute Gasteiger partial charge is 0.00440 e. The van der Waals surface area contributed by atoms with Crippen molar-refractivity contribution in [1.82, 2.24) is 5.32 Å². The number of hydrogen-bond acceptors (Lipinski definition) is 1. The van der Waals surface area contributed by atoms with Gasteiger partial charge in [-0.2, -0.15) is 0 Å². The van der Waals surface area contributed by atoms with Gasteiger partial charge in [-0.05, 0) is 38.0 Å². The van der Waals surface area contributed by atoms with E-state index in [9.17, 15) is 0 Å². The Kier molecular flexibility index (Phi) is 4.74. The lowest BCUT2D eigenvalue weighted by atomic mass is 9.72. The Balaban J connectivity index is 0.00000144. The molecule has 0 aliphatic carbocycles. The van der Waals surface area contributed by atoms with E-state index in [1.807, 2.05) is 0 Å². The summed E-state index contributed by atoms with van der Waals surface area (Å²) in [7, 11) is 0. The maximum Gasteiger partial charge on any atom is 0.00440 e. The Bertz CT molecular complexity index is 141. The third-order valence-electron chi connectivity index (χ3n) is 3.07. The molecule has 2 atom stereocenters. The Hall–Kier alpha value is 0.250. The van der Waals surface area contributed by atoms with Crippen LogP contribution in [0.15, 0.2) is 0 Å². The fraction of sp³-hybridized carbons (Fsp3) is 1.00. The molecule has 2 heteroatoms. The van der Waals surface area contributed by atoms with E-state index >= 15 is 0 Å². The average molecular weight is 206 g/mol. The minimum Gasteiger partial charge on any atom is -0.312 e. The number of piperidine rings is 1. The molecule has 0 bridgehead atoms. The lowest BCUT2D eigenvalue weighted by Crippen LogP contribution is -2.45. The van der Waals surface area contributed by atoms with E-state index in [4.69, 9.17) is 0 Å². The number of rotatable bonds is 0. The van der Waals surface area contributed by atoms with Crippen molar-refractivity contribution in [2.45, 2.75) is 59.5 Å². The molecule has 0 aromatic carbocycles. The van der Waals surface area contributed by atoms with E-state index in [-0.39, 0.29) is 12.4 Å². The average Bonchev–Trinajstić information content (AvgIpc) is 1.82. The number of nitrogens with one attached hydrogen (secondary N) is 1. The summed E-state index contributed by atoms with van der Waals surface area (Å²) in [4.78, 5) is 0. The van der Waals surface area contributed by atoms with Gasteiger partial charge in [0.1, 0.15) is 0 Å². The van der Waals surface area contributed by atoms with Crippen LogP contribution in [0.1, 0.15) is 47.5 Å². The van der Waals surface area contributed by atoms with E-state index in [1.54, 1.807) is 0 Å². The third-order valence-corrected chi connectivity index (χ3v) is 3.07. The highest BCUT2D eigenvalue weighted by Gasteiger charge is 2.31. The van der Waals surface area contributed by atoms with Crippen LogP contribution in [0, 0.1) is 11.3 Å². The fourth-order valence-corrected chi connectivity index (χ4v) is 2.28. The van der Waals surface area contributed by atoms with Gasteiger partial charge in [0.2, 0.25) is 0 Å². The summed E-state index contributed by atoms with van der Waals surface area (Å²) in [5.74, 6) is 0.892. The molecule has 0 saturated carbocycles. The second-order valence-corrected chi connectivity index (χ2v) is 5.50. The molecule has 1 fully saturated rings. The second kappa shape index (κ2) is 4.65. The van der Waals surface area contributed by atoms with Gasteiger partial charge in [-0.25, -0.2) is 0 Å². The molecule has 0 amide bonds. The monoisotopic (exact) mass is 205 g/mol. The first kappa shape index (κ1) is 13.2. The molecular formula is C11H24ClN. The first-order chi connectivity index (χ1) is 5.39. The highest BCUT2D eigenvalue weighted by atomic mass is 35.5. The Morgan fingerprint density at radius 2 is 1.38 bits per heavy atom. The molecule has 1 heterocycles. The first-order valence-electron chi connectivity index (χ1n) is 5.15. The molecule has 0 radical (unpaired) electrons. The third kappa shape index (κ3) is 3.86. The van der Waals surface area contributed by atoms with Gasteiger partial charge in [0.25, 0.3) is 0 Å². The van der Waals surface area contributed by atoms with E-state index in [0.29, 0.717) is 17.5 Å². The van der Waals surface area contributed by atoms with Crippen LogP contribution in [0.25, 0.3) is 0 Å². The van der Waals surface area contributed by atoms with Crippen LogP contribution >= 0.6 is 12.4 Å². The SMILES string of the molecule is CC1CC(C(C)(C)C)CC(C)N1.Cl.